The van der Waals surface area contributed by atoms with E-state index in [1.54, 1.807) is 11.8 Å². The number of rotatable bonds is 4. The topological polar surface area (TPSA) is 46.8 Å². The van der Waals surface area contributed by atoms with Crippen LogP contribution >= 0.6 is 11.8 Å². The first-order chi connectivity index (χ1) is 10.2. The number of aromatic nitrogens is 4. The molecule has 0 amide bonds. The first-order valence-corrected chi connectivity index (χ1v) is 8.56. The van der Waals surface area contributed by atoms with Crippen molar-refractivity contribution in [2.24, 2.45) is 0 Å². The van der Waals surface area contributed by atoms with Crippen molar-refractivity contribution in [3.05, 3.63) is 34.9 Å². The second kappa shape index (κ2) is 6.15. The highest BCUT2D eigenvalue weighted by Crippen LogP contribution is 2.21. The van der Waals surface area contributed by atoms with Gasteiger partial charge in [-0.3, -0.25) is 9.58 Å². The Bertz CT molecular complexity index is 637. The Morgan fingerprint density at radius 1 is 1.38 bits per heavy atom. The van der Waals surface area contributed by atoms with E-state index < -0.39 is 0 Å². The van der Waals surface area contributed by atoms with Gasteiger partial charge in [0.1, 0.15) is 0 Å². The molecule has 5 nitrogen and oxygen atoms in total. The van der Waals surface area contributed by atoms with Gasteiger partial charge in [0.15, 0.2) is 5.16 Å². The summed E-state index contributed by atoms with van der Waals surface area (Å²) in [6.45, 7) is 8.07. The quantitative estimate of drug-likeness (QED) is 0.640. The van der Waals surface area contributed by atoms with Crippen LogP contribution < -0.4 is 0 Å². The molecule has 0 saturated heterocycles. The minimum atomic E-state index is 0.877. The zero-order chi connectivity index (χ0) is 14.8. The van der Waals surface area contributed by atoms with Gasteiger partial charge in [0.05, 0.1) is 11.4 Å². The van der Waals surface area contributed by atoms with Crippen molar-refractivity contribution < 1.29 is 0 Å². The summed E-state index contributed by atoms with van der Waals surface area (Å²) < 4.78 is 2.01. The molecule has 0 saturated carbocycles. The Balaban J connectivity index is 1.72. The van der Waals surface area contributed by atoms with Crippen molar-refractivity contribution in [1.82, 2.24) is 24.6 Å². The van der Waals surface area contributed by atoms with Gasteiger partial charge in [-0.15, -0.1) is 0 Å². The second-order valence-corrected chi connectivity index (χ2v) is 6.16. The summed E-state index contributed by atoms with van der Waals surface area (Å²) >= 11 is 1.61. The Hall–Kier alpha value is -1.40. The Kier molecular flexibility index (Phi) is 4.26. The molecule has 0 N–H and O–H groups in total. The number of fused-ring (bicyclic) bond motifs is 1. The zero-order valence-electron chi connectivity index (χ0n) is 12.8. The predicted molar refractivity (Wildman–Crippen MR) is 84.3 cm³/mol. The molecule has 3 rings (SSSR count). The molecule has 112 valence electrons. The third kappa shape index (κ3) is 3.11. The van der Waals surface area contributed by atoms with Gasteiger partial charge in [-0.05, 0) is 20.1 Å². The summed E-state index contributed by atoms with van der Waals surface area (Å²) in [6.07, 6.45) is 7.18. The number of aryl methyl sites for hydroxylation is 2. The SMILES string of the molecule is CCn1cc(CN2CCc3nc(SC)ncc3C2)c(C)n1. The van der Waals surface area contributed by atoms with Crippen LogP contribution in [0.1, 0.15) is 29.4 Å². The molecule has 0 bridgehead atoms. The first-order valence-electron chi connectivity index (χ1n) is 7.33. The van der Waals surface area contributed by atoms with Crippen LogP contribution in [-0.4, -0.2) is 37.4 Å². The first kappa shape index (κ1) is 14.5. The minimum absolute atomic E-state index is 0.877. The fourth-order valence-corrected chi connectivity index (χ4v) is 3.07. The fraction of sp³-hybridized carbons (Fsp3) is 0.533. The molecule has 3 heterocycles. The summed E-state index contributed by atoms with van der Waals surface area (Å²) in [7, 11) is 0. The maximum absolute atomic E-state index is 4.62. The summed E-state index contributed by atoms with van der Waals surface area (Å²) in [5.41, 5.74) is 4.93. The highest BCUT2D eigenvalue weighted by Gasteiger charge is 2.19. The molecule has 0 atom stereocenters. The van der Waals surface area contributed by atoms with Crippen LogP contribution in [0.4, 0.5) is 0 Å². The Morgan fingerprint density at radius 2 is 2.24 bits per heavy atom. The second-order valence-electron chi connectivity index (χ2n) is 5.38. The van der Waals surface area contributed by atoms with Crippen molar-refractivity contribution in [2.45, 2.75) is 45.1 Å². The van der Waals surface area contributed by atoms with E-state index in [0.29, 0.717) is 0 Å². The van der Waals surface area contributed by atoms with Crippen molar-refractivity contribution in [3.8, 4) is 0 Å². The molecule has 0 aromatic carbocycles. The van der Waals surface area contributed by atoms with E-state index in [1.807, 2.05) is 17.1 Å². The predicted octanol–water partition coefficient (Wildman–Crippen LogP) is 2.28. The van der Waals surface area contributed by atoms with Crippen molar-refractivity contribution in [2.75, 3.05) is 12.8 Å². The van der Waals surface area contributed by atoms with Gasteiger partial charge in [-0.2, -0.15) is 5.10 Å². The van der Waals surface area contributed by atoms with Crippen LogP contribution in [0.5, 0.6) is 0 Å². The van der Waals surface area contributed by atoms with Gasteiger partial charge >= 0.3 is 0 Å². The average Bonchev–Trinajstić information content (AvgIpc) is 2.87. The molecule has 0 unspecified atom stereocenters. The van der Waals surface area contributed by atoms with E-state index in [0.717, 1.165) is 43.5 Å². The molecule has 2 aromatic heterocycles. The maximum Gasteiger partial charge on any atom is 0.187 e. The van der Waals surface area contributed by atoms with E-state index in [4.69, 9.17) is 0 Å². The van der Waals surface area contributed by atoms with Crippen molar-refractivity contribution in [1.29, 1.82) is 0 Å². The highest BCUT2D eigenvalue weighted by atomic mass is 32.2. The lowest BCUT2D eigenvalue weighted by Crippen LogP contribution is -2.31. The molecular weight excluding hydrogens is 282 g/mol. The molecule has 2 aromatic rings. The zero-order valence-corrected chi connectivity index (χ0v) is 13.7. The van der Waals surface area contributed by atoms with Gasteiger partial charge in [0.2, 0.25) is 0 Å². The van der Waals surface area contributed by atoms with Gasteiger partial charge in [0.25, 0.3) is 0 Å². The van der Waals surface area contributed by atoms with Crippen LogP contribution in [-0.2, 0) is 26.1 Å². The van der Waals surface area contributed by atoms with E-state index in [1.165, 1.54) is 16.8 Å². The van der Waals surface area contributed by atoms with Crippen molar-refractivity contribution >= 4 is 11.8 Å². The molecule has 1 aliphatic heterocycles. The average molecular weight is 303 g/mol. The number of hydrogen-bond acceptors (Lipinski definition) is 5. The summed E-state index contributed by atoms with van der Waals surface area (Å²) in [4.78, 5) is 11.5. The summed E-state index contributed by atoms with van der Waals surface area (Å²) in [6, 6.07) is 0. The molecule has 1 aliphatic rings. The van der Waals surface area contributed by atoms with Crippen LogP contribution in [0.15, 0.2) is 17.6 Å². The monoisotopic (exact) mass is 303 g/mol. The Labute approximate surface area is 129 Å². The molecule has 0 spiro atoms. The van der Waals surface area contributed by atoms with Crippen LogP contribution in [0.2, 0.25) is 0 Å². The standard InChI is InChI=1S/C15H21N5S/c1-4-20-10-13(11(2)18-20)9-19-6-5-14-12(8-19)7-16-15(17-14)21-3/h7,10H,4-6,8-9H2,1-3H3. The largest absolute Gasteiger partial charge is 0.294 e. The third-order valence-corrected chi connectivity index (χ3v) is 4.50. The van der Waals surface area contributed by atoms with Crippen LogP contribution in [0, 0.1) is 6.92 Å². The fourth-order valence-electron chi connectivity index (χ4n) is 2.71. The summed E-state index contributed by atoms with van der Waals surface area (Å²) in [5, 5.41) is 5.40. The number of thioether (sulfide) groups is 1. The third-order valence-electron chi connectivity index (χ3n) is 3.94. The molecule has 0 radical (unpaired) electrons. The van der Waals surface area contributed by atoms with E-state index in [-0.39, 0.29) is 0 Å². The van der Waals surface area contributed by atoms with E-state index in [9.17, 15) is 0 Å². The number of nitrogens with zero attached hydrogens (tertiary/aromatic N) is 5. The van der Waals surface area contributed by atoms with Crippen molar-refractivity contribution in [3.63, 3.8) is 0 Å². The lowest BCUT2D eigenvalue weighted by molar-refractivity contribution is 0.241. The van der Waals surface area contributed by atoms with E-state index in [2.05, 4.69) is 40.0 Å². The normalized spacial score (nSPS) is 15.2. The van der Waals surface area contributed by atoms with E-state index >= 15 is 0 Å². The smallest absolute Gasteiger partial charge is 0.187 e. The molecule has 21 heavy (non-hydrogen) atoms. The van der Waals surface area contributed by atoms with Gasteiger partial charge in [0, 0.05) is 56.1 Å². The molecule has 0 fully saturated rings. The molecular formula is C15H21N5S. The highest BCUT2D eigenvalue weighted by molar-refractivity contribution is 7.98. The molecule has 0 aliphatic carbocycles. The maximum atomic E-state index is 4.62. The summed E-state index contributed by atoms with van der Waals surface area (Å²) in [5.74, 6) is 0. The van der Waals surface area contributed by atoms with Gasteiger partial charge in [-0.25, -0.2) is 9.97 Å². The van der Waals surface area contributed by atoms with Gasteiger partial charge in [-0.1, -0.05) is 11.8 Å². The Morgan fingerprint density at radius 3 is 2.95 bits per heavy atom. The lowest BCUT2D eigenvalue weighted by Gasteiger charge is -2.27. The molecule has 6 heteroatoms. The minimum Gasteiger partial charge on any atom is -0.294 e. The van der Waals surface area contributed by atoms with Crippen LogP contribution in [0.3, 0.4) is 0 Å². The number of hydrogen-bond donors (Lipinski definition) is 0. The lowest BCUT2D eigenvalue weighted by atomic mass is 10.1. The van der Waals surface area contributed by atoms with Gasteiger partial charge < -0.3 is 0 Å². The van der Waals surface area contributed by atoms with Crippen LogP contribution in [0.25, 0.3) is 0 Å².